The number of anilines is 1. The van der Waals surface area contributed by atoms with Crippen molar-refractivity contribution < 1.29 is 9.66 Å². The van der Waals surface area contributed by atoms with Crippen LogP contribution in [0.5, 0.6) is 5.75 Å². The summed E-state index contributed by atoms with van der Waals surface area (Å²) in [5, 5.41) is 20.1. The first-order chi connectivity index (χ1) is 11.5. The van der Waals surface area contributed by atoms with Gasteiger partial charge >= 0.3 is 0 Å². The van der Waals surface area contributed by atoms with Gasteiger partial charge in [-0.15, -0.1) is 5.11 Å². The molecule has 0 bridgehead atoms. The number of aromatic hydroxyl groups is 1. The van der Waals surface area contributed by atoms with E-state index in [0.29, 0.717) is 38.3 Å². The van der Waals surface area contributed by atoms with E-state index in [9.17, 15) is 9.66 Å². The minimum atomic E-state index is -1.23. The summed E-state index contributed by atoms with van der Waals surface area (Å²) in [5.74, 6) is 3.74. The molecule has 0 fully saturated rings. The van der Waals surface area contributed by atoms with Crippen molar-refractivity contribution in [1.29, 1.82) is 0 Å². The van der Waals surface area contributed by atoms with Gasteiger partial charge in [0.2, 0.25) is 0 Å². The largest absolute Gasteiger partial charge is 0.507 e. The highest BCUT2D eigenvalue weighted by molar-refractivity contribution is 8.09. The van der Waals surface area contributed by atoms with Crippen LogP contribution in [0.25, 0.3) is 10.8 Å². The second-order valence-electron chi connectivity index (χ2n) is 5.35. The molecule has 0 saturated heterocycles. The zero-order valence-corrected chi connectivity index (χ0v) is 13.9. The second-order valence-corrected chi connectivity index (χ2v) is 6.52. The van der Waals surface area contributed by atoms with Gasteiger partial charge in [0.15, 0.2) is 0 Å². The Kier molecular flexibility index (Phi) is 4.33. The summed E-state index contributed by atoms with van der Waals surface area (Å²) in [6.45, 7) is 1.74. The van der Waals surface area contributed by atoms with E-state index in [1.807, 2.05) is 30.3 Å². The molecule has 0 saturated carbocycles. The van der Waals surface area contributed by atoms with E-state index < -0.39 is 10.8 Å². The standard InChI is InChI=1S/C18H17N3O2S/c1-11-16(24(2)23)10-14-13(18(11)22)8-9-15(19)17(14)21-20-12-6-4-3-5-7-12/h3-10,22-23H,2,19H2,1H3. The van der Waals surface area contributed by atoms with E-state index in [2.05, 4.69) is 16.1 Å². The van der Waals surface area contributed by atoms with Gasteiger partial charge in [-0.3, -0.25) is 0 Å². The Hall–Kier alpha value is -2.70. The molecule has 3 aromatic carbocycles. The molecule has 0 radical (unpaired) electrons. The van der Waals surface area contributed by atoms with Crippen molar-refractivity contribution in [2.75, 3.05) is 5.73 Å². The van der Waals surface area contributed by atoms with Crippen LogP contribution >= 0.6 is 10.8 Å². The van der Waals surface area contributed by atoms with Gasteiger partial charge in [0.1, 0.15) is 11.4 Å². The van der Waals surface area contributed by atoms with Gasteiger partial charge in [0.05, 0.1) is 11.4 Å². The molecule has 1 unspecified atom stereocenters. The minimum absolute atomic E-state index is 0.0915. The monoisotopic (exact) mass is 339 g/mol. The van der Waals surface area contributed by atoms with Crippen LogP contribution < -0.4 is 5.73 Å². The predicted molar refractivity (Wildman–Crippen MR) is 101 cm³/mol. The van der Waals surface area contributed by atoms with Crippen LogP contribution in [-0.4, -0.2) is 15.5 Å². The average Bonchev–Trinajstić information content (AvgIpc) is 2.57. The fourth-order valence-electron chi connectivity index (χ4n) is 2.49. The lowest BCUT2D eigenvalue weighted by Crippen LogP contribution is -1.90. The lowest BCUT2D eigenvalue weighted by atomic mass is 10.0. The molecular formula is C18H17N3O2S. The Bertz CT molecular complexity index is 969. The van der Waals surface area contributed by atoms with Crippen LogP contribution in [0, 0.1) is 6.92 Å². The summed E-state index contributed by atoms with van der Waals surface area (Å²) < 4.78 is 9.88. The topological polar surface area (TPSA) is 91.2 Å². The van der Waals surface area contributed by atoms with Gasteiger partial charge in [-0.2, -0.15) is 5.11 Å². The van der Waals surface area contributed by atoms with Crippen molar-refractivity contribution in [1.82, 2.24) is 0 Å². The second kappa shape index (κ2) is 6.43. The van der Waals surface area contributed by atoms with Gasteiger partial charge in [-0.05, 0) is 53.9 Å². The van der Waals surface area contributed by atoms with Crippen LogP contribution in [-0.2, 0) is 0 Å². The number of nitrogens with two attached hydrogens (primary N) is 1. The molecule has 0 spiro atoms. The van der Waals surface area contributed by atoms with Crippen molar-refractivity contribution in [2.45, 2.75) is 11.8 Å². The Labute approximate surface area is 142 Å². The van der Waals surface area contributed by atoms with Crippen molar-refractivity contribution in [2.24, 2.45) is 10.2 Å². The van der Waals surface area contributed by atoms with Gasteiger partial charge in [-0.25, -0.2) is 0 Å². The molecule has 0 heterocycles. The van der Waals surface area contributed by atoms with Gasteiger partial charge in [0, 0.05) is 21.2 Å². The molecule has 1 atom stereocenters. The highest BCUT2D eigenvalue weighted by Gasteiger charge is 2.14. The molecule has 0 aliphatic rings. The molecule has 3 aromatic rings. The molecule has 0 aliphatic heterocycles. The molecule has 4 N–H and O–H groups in total. The number of benzene rings is 3. The Morgan fingerprint density at radius 1 is 1.04 bits per heavy atom. The smallest absolute Gasteiger partial charge is 0.127 e. The fraction of sp³-hybridized carbons (Fsp3) is 0.0556. The van der Waals surface area contributed by atoms with Gasteiger partial charge in [-0.1, -0.05) is 18.2 Å². The fourth-order valence-corrected chi connectivity index (χ4v) is 3.20. The quantitative estimate of drug-likeness (QED) is 0.340. The van der Waals surface area contributed by atoms with Crippen molar-refractivity contribution in [3.8, 4) is 5.75 Å². The van der Waals surface area contributed by atoms with E-state index in [1.54, 1.807) is 25.1 Å². The highest BCUT2D eigenvalue weighted by Crippen LogP contribution is 2.43. The third-order valence-corrected chi connectivity index (χ3v) is 4.71. The van der Waals surface area contributed by atoms with Crippen LogP contribution in [0.4, 0.5) is 17.1 Å². The number of azo groups is 1. The number of fused-ring (bicyclic) bond motifs is 1. The van der Waals surface area contributed by atoms with Crippen molar-refractivity contribution in [3.05, 3.63) is 54.1 Å². The highest BCUT2D eigenvalue weighted by atomic mass is 32.2. The maximum Gasteiger partial charge on any atom is 0.127 e. The normalized spacial score (nSPS) is 12.8. The van der Waals surface area contributed by atoms with Gasteiger partial charge in [0.25, 0.3) is 0 Å². The SMILES string of the molecule is C=S(O)c1cc2c(N=Nc3ccccc3)c(N)ccc2c(O)c1C. The number of phenolic OH excluding ortho intramolecular Hbond substituents is 1. The van der Waals surface area contributed by atoms with E-state index in [1.165, 1.54) is 0 Å². The van der Waals surface area contributed by atoms with E-state index >= 15 is 0 Å². The summed E-state index contributed by atoms with van der Waals surface area (Å²) in [6, 6.07) is 14.5. The maximum atomic E-state index is 10.4. The number of hydrogen-bond donors (Lipinski definition) is 3. The summed E-state index contributed by atoms with van der Waals surface area (Å²) in [6.07, 6.45) is 0. The molecule has 122 valence electrons. The summed E-state index contributed by atoms with van der Waals surface area (Å²) >= 11 is 0. The van der Waals surface area contributed by atoms with E-state index in [0.717, 1.165) is 0 Å². The Morgan fingerprint density at radius 2 is 1.75 bits per heavy atom. The third-order valence-electron chi connectivity index (χ3n) is 3.78. The molecule has 0 aliphatic carbocycles. The van der Waals surface area contributed by atoms with Crippen LogP contribution in [0.3, 0.4) is 0 Å². The lowest BCUT2D eigenvalue weighted by molar-refractivity contribution is 0.475. The molecule has 3 rings (SSSR count). The average molecular weight is 339 g/mol. The van der Waals surface area contributed by atoms with E-state index in [4.69, 9.17) is 5.73 Å². The first-order valence-electron chi connectivity index (χ1n) is 7.23. The number of hydrogen-bond acceptors (Lipinski definition) is 5. The first-order valence-corrected chi connectivity index (χ1v) is 8.58. The summed E-state index contributed by atoms with van der Waals surface area (Å²) in [4.78, 5) is 0.557. The first kappa shape index (κ1) is 16.2. The van der Waals surface area contributed by atoms with Crippen LogP contribution in [0.2, 0.25) is 0 Å². The minimum Gasteiger partial charge on any atom is -0.507 e. The van der Waals surface area contributed by atoms with Crippen molar-refractivity contribution in [3.63, 3.8) is 0 Å². The molecule has 24 heavy (non-hydrogen) atoms. The van der Waals surface area contributed by atoms with E-state index in [-0.39, 0.29) is 5.75 Å². The van der Waals surface area contributed by atoms with Gasteiger partial charge < -0.3 is 15.4 Å². The molecular weight excluding hydrogens is 322 g/mol. The molecule has 0 aromatic heterocycles. The van der Waals surface area contributed by atoms with Crippen LogP contribution in [0.15, 0.2) is 63.7 Å². The molecule has 0 amide bonds. The summed E-state index contributed by atoms with van der Waals surface area (Å²) in [7, 11) is -1.23. The lowest BCUT2D eigenvalue weighted by Gasteiger charge is -2.13. The maximum absolute atomic E-state index is 10.4. The summed E-state index contributed by atoms with van der Waals surface area (Å²) in [5.41, 5.74) is 8.25. The predicted octanol–water partition coefficient (Wildman–Crippen LogP) is 5.38. The molecule has 5 nitrogen and oxygen atoms in total. The zero-order chi connectivity index (χ0) is 17.3. The number of phenols is 1. The number of nitrogen functional groups attached to an aromatic ring is 1. The number of rotatable bonds is 3. The van der Waals surface area contributed by atoms with Crippen LogP contribution in [0.1, 0.15) is 5.56 Å². The van der Waals surface area contributed by atoms with Crippen molar-refractivity contribution >= 4 is 44.5 Å². The Balaban J connectivity index is 2.25. The number of nitrogens with zero attached hydrogens (tertiary/aromatic N) is 2. The Morgan fingerprint density at radius 3 is 2.42 bits per heavy atom. The molecule has 6 heteroatoms. The third kappa shape index (κ3) is 2.89. The zero-order valence-electron chi connectivity index (χ0n) is 13.1.